The molecule has 1 aliphatic carbocycles. The van der Waals surface area contributed by atoms with Crippen molar-refractivity contribution in [1.29, 1.82) is 0 Å². The van der Waals surface area contributed by atoms with Gasteiger partial charge in [0.2, 0.25) is 0 Å². The van der Waals surface area contributed by atoms with Gasteiger partial charge in [-0.2, -0.15) is 0 Å². The molecule has 1 saturated carbocycles. The summed E-state index contributed by atoms with van der Waals surface area (Å²) in [4.78, 5) is 2.78. The van der Waals surface area contributed by atoms with E-state index < -0.39 is 0 Å². The summed E-state index contributed by atoms with van der Waals surface area (Å²) >= 11 is 0. The zero-order valence-electron chi connectivity index (χ0n) is 13.5. The van der Waals surface area contributed by atoms with Crippen LogP contribution >= 0.6 is 0 Å². The number of hydrogen-bond donors (Lipinski definition) is 1. The van der Waals surface area contributed by atoms with E-state index in [1.54, 1.807) is 0 Å². The predicted molar refractivity (Wildman–Crippen MR) is 83.5 cm³/mol. The lowest BCUT2D eigenvalue weighted by molar-refractivity contribution is 0.0883. The molecule has 2 rings (SSSR count). The van der Waals surface area contributed by atoms with Crippen LogP contribution in [0.15, 0.2) is 0 Å². The quantitative estimate of drug-likeness (QED) is 0.838. The molecule has 1 heterocycles. The minimum Gasteiger partial charge on any atom is -0.317 e. The van der Waals surface area contributed by atoms with E-state index in [1.807, 2.05) is 0 Å². The first-order chi connectivity index (χ1) is 9.02. The molecule has 2 nitrogen and oxygen atoms in total. The fraction of sp³-hybridized carbons (Fsp3) is 1.00. The Balaban J connectivity index is 1.97. The van der Waals surface area contributed by atoms with Crippen molar-refractivity contribution in [3.8, 4) is 0 Å². The van der Waals surface area contributed by atoms with E-state index in [4.69, 9.17) is 0 Å². The first-order valence-electron chi connectivity index (χ1n) is 8.43. The van der Waals surface area contributed by atoms with Gasteiger partial charge in [0.05, 0.1) is 0 Å². The van der Waals surface area contributed by atoms with Gasteiger partial charge in [0.1, 0.15) is 0 Å². The van der Waals surface area contributed by atoms with E-state index in [0.29, 0.717) is 5.41 Å². The van der Waals surface area contributed by atoms with Crippen molar-refractivity contribution in [3.63, 3.8) is 0 Å². The second-order valence-corrected chi connectivity index (χ2v) is 7.76. The van der Waals surface area contributed by atoms with Gasteiger partial charge in [-0.1, -0.05) is 26.7 Å². The Morgan fingerprint density at radius 2 is 1.95 bits per heavy atom. The Morgan fingerprint density at radius 3 is 2.68 bits per heavy atom. The summed E-state index contributed by atoms with van der Waals surface area (Å²) in [6, 6.07) is 1.54. The van der Waals surface area contributed by atoms with Crippen LogP contribution in [-0.2, 0) is 0 Å². The average molecular weight is 266 g/mol. The second kappa shape index (κ2) is 6.58. The lowest BCUT2D eigenvalue weighted by atomic mass is 9.69. The van der Waals surface area contributed by atoms with Crippen LogP contribution in [0.3, 0.4) is 0 Å². The van der Waals surface area contributed by atoms with Crippen LogP contribution in [0.4, 0.5) is 0 Å². The molecule has 1 saturated heterocycles. The zero-order chi connectivity index (χ0) is 13.9. The van der Waals surface area contributed by atoms with E-state index in [1.165, 1.54) is 58.0 Å². The summed E-state index contributed by atoms with van der Waals surface area (Å²) in [5.74, 6) is 0.842. The molecule has 3 unspecified atom stereocenters. The molecule has 1 N–H and O–H groups in total. The van der Waals surface area contributed by atoms with E-state index in [0.717, 1.165) is 18.0 Å². The van der Waals surface area contributed by atoms with Gasteiger partial charge in [-0.05, 0) is 64.0 Å². The minimum absolute atomic E-state index is 0.549. The molecule has 2 fully saturated rings. The third-order valence-corrected chi connectivity index (χ3v) is 5.55. The molecule has 0 aromatic carbocycles. The summed E-state index contributed by atoms with van der Waals surface area (Å²) in [6.07, 6.45) is 9.81. The normalized spacial score (nSPS) is 36.9. The molecule has 2 aliphatic rings. The van der Waals surface area contributed by atoms with Crippen LogP contribution in [0.2, 0.25) is 0 Å². The molecule has 3 atom stereocenters. The molecule has 0 amide bonds. The molecule has 112 valence electrons. The molecule has 1 aliphatic heterocycles. The summed E-state index contributed by atoms with van der Waals surface area (Å²) in [5, 5.41) is 3.59. The zero-order valence-corrected chi connectivity index (χ0v) is 13.5. The Hall–Kier alpha value is -0.0800. The maximum absolute atomic E-state index is 3.59. The SMILES string of the molecule is CNC1CCC(C)(C)CC1CN1CCCCCC1C. The molecular formula is C17H34N2. The van der Waals surface area contributed by atoms with Crippen LogP contribution in [0, 0.1) is 11.3 Å². The molecule has 0 aromatic rings. The van der Waals surface area contributed by atoms with Gasteiger partial charge in [-0.25, -0.2) is 0 Å². The lowest BCUT2D eigenvalue weighted by Gasteiger charge is -2.43. The maximum Gasteiger partial charge on any atom is 0.0105 e. The molecule has 0 spiro atoms. The van der Waals surface area contributed by atoms with Crippen LogP contribution in [0.5, 0.6) is 0 Å². The highest BCUT2D eigenvalue weighted by molar-refractivity contribution is 4.90. The second-order valence-electron chi connectivity index (χ2n) is 7.76. The summed E-state index contributed by atoms with van der Waals surface area (Å²) in [5.41, 5.74) is 0.549. The van der Waals surface area contributed by atoms with Crippen molar-refractivity contribution in [2.75, 3.05) is 20.1 Å². The van der Waals surface area contributed by atoms with Gasteiger partial charge in [0.15, 0.2) is 0 Å². The molecule has 0 aromatic heterocycles. The fourth-order valence-corrected chi connectivity index (χ4v) is 4.21. The lowest BCUT2D eigenvalue weighted by Crippen LogP contribution is -2.48. The average Bonchev–Trinajstić information content (AvgIpc) is 2.54. The minimum atomic E-state index is 0.549. The van der Waals surface area contributed by atoms with Crippen molar-refractivity contribution >= 4 is 0 Å². The molecule has 2 heteroatoms. The monoisotopic (exact) mass is 266 g/mol. The number of rotatable bonds is 3. The maximum atomic E-state index is 3.59. The smallest absolute Gasteiger partial charge is 0.0105 e. The molecular weight excluding hydrogens is 232 g/mol. The Labute approximate surface area is 120 Å². The van der Waals surface area contributed by atoms with Gasteiger partial charge in [-0.3, -0.25) is 0 Å². The fourth-order valence-electron chi connectivity index (χ4n) is 4.21. The van der Waals surface area contributed by atoms with Gasteiger partial charge in [0, 0.05) is 18.6 Å². The third kappa shape index (κ3) is 4.19. The summed E-state index contributed by atoms with van der Waals surface area (Å²) in [6.45, 7) is 9.99. The predicted octanol–water partition coefficient (Wildman–Crippen LogP) is 3.67. The van der Waals surface area contributed by atoms with Crippen LogP contribution in [-0.4, -0.2) is 37.1 Å². The first kappa shape index (κ1) is 15.3. The van der Waals surface area contributed by atoms with Crippen molar-refractivity contribution in [2.24, 2.45) is 11.3 Å². The number of nitrogens with zero attached hydrogens (tertiary/aromatic N) is 1. The van der Waals surface area contributed by atoms with Gasteiger partial charge in [-0.15, -0.1) is 0 Å². The Kier molecular flexibility index (Phi) is 5.30. The highest BCUT2D eigenvalue weighted by Crippen LogP contribution is 2.39. The first-order valence-corrected chi connectivity index (χ1v) is 8.43. The number of nitrogens with one attached hydrogen (secondary N) is 1. The van der Waals surface area contributed by atoms with Crippen molar-refractivity contribution in [1.82, 2.24) is 10.2 Å². The highest BCUT2D eigenvalue weighted by atomic mass is 15.2. The Bertz CT molecular complexity index is 274. The molecule has 19 heavy (non-hydrogen) atoms. The summed E-state index contributed by atoms with van der Waals surface area (Å²) in [7, 11) is 2.15. The molecule has 0 bridgehead atoms. The van der Waals surface area contributed by atoms with Crippen LogP contribution < -0.4 is 5.32 Å². The topological polar surface area (TPSA) is 15.3 Å². The standard InChI is InChI=1S/C17H34N2/c1-14-8-6-5-7-11-19(14)13-15-12-17(2,3)10-9-16(15)18-4/h14-16,18H,5-13H2,1-4H3. The van der Waals surface area contributed by atoms with Gasteiger partial charge < -0.3 is 10.2 Å². The van der Waals surface area contributed by atoms with E-state index in [2.05, 4.69) is 38.0 Å². The highest BCUT2D eigenvalue weighted by Gasteiger charge is 2.35. The Morgan fingerprint density at radius 1 is 1.16 bits per heavy atom. The van der Waals surface area contributed by atoms with Crippen LogP contribution in [0.25, 0.3) is 0 Å². The summed E-state index contributed by atoms with van der Waals surface area (Å²) < 4.78 is 0. The number of likely N-dealkylation sites (tertiary alicyclic amines) is 1. The van der Waals surface area contributed by atoms with Gasteiger partial charge in [0.25, 0.3) is 0 Å². The van der Waals surface area contributed by atoms with E-state index in [-0.39, 0.29) is 0 Å². The third-order valence-electron chi connectivity index (χ3n) is 5.55. The van der Waals surface area contributed by atoms with Gasteiger partial charge >= 0.3 is 0 Å². The van der Waals surface area contributed by atoms with Crippen molar-refractivity contribution in [3.05, 3.63) is 0 Å². The molecule has 0 radical (unpaired) electrons. The van der Waals surface area contributed by atoms with Crippen LogP contribution in [0.1, 0.15) is 65.7 Å². The van der Waals surface area contributed by atoms with Crippen molar-refractivity contribution in [2.45, 2.75) is 77.8 Å². The largest absolute Gasteiger partial charge is 0.317 e. The van der Waals surface area contributed by atoms with E-state index in [9.17, 15) is 0 Å². The van der Waals surface area contributed by atoms with Crippen molar-refractivity contribution < 1.29 is 0 Å². The number of hydrogen-bond acceptors (Lipinski definition) is 2. The van der Waals surface area contributed by atoms with E-state index >= 15 is 0 Å².